The van der Waals surface area contributed by atoms with Gasteiger partial charge in [-0.05, 0) is 49.5 Å². The molecule has 0 saturated carbocycles. The quantitative estimate of drug-likeness (QED) is 0.918. The Kier molecular flexibility index (Phi) is 4.27. The largest absolute Gasteiger partial charge is 0.374 e. The molecule has 1 atom stereocenters. The van der Waals surface area contributed by atoms with Crippen LogP contribution in [0.4, 0.5) is 5.69 Å². The number of nitrogens with two attached hydrogens (primary N) is 1. The molecule has 0 bridgehead atoms. The molecule has 20 heavy (non-hydrogen) atoms. The van der Waals surface area contributed by atoms with E-state index in [4.69, 9.17) is 5.73 Å². The maximum atomic E-state index is 6.11. The highest BCUT2D eigenvalue weighted by molar-refractivity contribution is 5.58. The van der Waals surface area contributed by atoms with E-state index in [9.17, 15) is 0 Å². The van der Waals surface area contributed by atoms with Crippen molar-refractivity contribution in [2.75, 3.05) is 38.1 Å². The van der Waals surface area contributed by atoms with Crippen LogP contribution in [0.3, 0.4) is 0 Å². The first-order valence-corrected chi connectivity index (χ1v) is 8.07. The summed E-state index contributed by atoms with van der Waals surface area (Å²) in [6.07, 6.45) is 6.58. The van der Waals surface area contributed by atoms with Crippen LogP contribution in [0.15, 0.2) is 18.2 Å². The van der Waals surface area contributed by atoms with Gasteiger partial charge in [0.05, 0.1) is 0 Å². The molecule has 1 aromatic carbocycles. The van der Waals surface area contributed by atoms with Gasteiger partial charge in [-0.2, -0.15) is 0 Å². The van der Waals surface area contributed by atoms with Crippen LogP contribution in [0.2, 0.25) is 0 Å². The molecule has 1 unspecified atom stereocenters. The van der Waals surface area contributed by atoms with Crippen LogP contribution in [0.1, 0.15) is 42.9 Å². The molecule has 0 spiro atoms. The van der Waals surface area contributed by atoms with E-state index in [1.807, 2.05) is 0 Å². The fourth-order valence-electron chi connectivity index (χ4n) is 3.70. The van der Waals surface area contributed by atoms with Gasteiger partial charge < -0.3 is 10.6 Å². The Bertz CT molecular complexity index is 450. The fourth-order valence-corrected chi connectivity index (χ4v) is 3.70. The third kappa shape index (κ3) is 2.70. The predicted molar refractivity (Wildman–Crippen MR) is 85.3 cm³/mol. The predicted octanol–water partition coefficient (Wildman–Crippen LogP) is 2.55. The van der Waals surface area contributed by atoms with Crippen molar-refractivity contribution in [2.24, 2.45) is 5.73 Å². The van der Waals surface area contributed by atoms with Crippen LogP contribution in [-0.4, -0.2) is 38.1 Å². The third-order valence-electron chi connectivity index (χ3n) is 4.92. The second-order valence-corrected chi connectivity index (χ2v) is 6.26. The van der Waals surface area contributed by atoms with E-state index in [2.05, 4.69) is 35.0 Å². The van der Waals surface area contributed by atoms with Gasteiger partial charge in [0.15, 0.2) is 0 Å². The smallest absolute Gasteiger partial charge is 0.0470 e. The van der Waals surface area contributed by atoms with E-state index >= 15 is 0 Å². The summed E-state index contributed by atoms with van der Waals surface area (Å²) < 4.78 is 0. The average molecular weight is 273 g/mol. The first kappa shape index (κ1) is 13.9. The summed E-state index contributed by atoms with van der Waals surface area (Å²) in [6.45, 7) is 4.29. The van der Waals surface area contributed by atoms with Crippen molar-refractivity contribution in [1.82, 2.24) is 4.90 Å². The van der Waals surface area contributed by atoms with Crippen LogP contribution in [-0.2, 0) is 6.42 Å². The summed E-state index contributed by atoms with van der Waals surface area (Å²) in [5, 5.41) is 0. The Morgan fingerprint density at radius 1 is 1.10 bits per heavy atom. The molecule has 0 amide bonds. The summed E-state index contributed by atoms with van der Waals surface area (Å²) in [7, 11) is 2.18. The van der Waals surface area contributed by atoms with Crippen LogP contribution >= 0.6 is 0 Å². The van der Waals surface area contributed by atoms with E-state index in [1.165, 1.54) is 62.0 Å². The Hall–Kier alpha value is -1.06. The monoisotopic (exact) mass is 273 g/mol. The zero-order chi connectivity index (χ0) is 13.9. The van der Waals surface area contributed by atoms with E-state index in [-0.39, 0.29) is 0 Å². The van der Waals surface area contributed by atoms with E-state index in [0.29, 0.717) is 6.04 Å². The van der Waals surface area contributed by atoms with Crippen molar-refractivity contribution in [3.8, 4) is 0 Å². The summed E-state index contributed by atoms with van der Waals surface area (Å²) in [4.78, 5) is 4.95. The molecule has 2 aliphatic heterocycles. The molecule has 110 valence electrons. The van der Waals surface area contributed by atoms with Gasteiger partial charge in [-0.25, -0.2) is 0 Å². The van der Waals surface area contributed by atoms with Crippen molar-refractivity contribution >= 4 is 5.69 Å². The molecule has 3 rings (SSSR count). The first-order chi connectivity index (χ1) is 9.79. The standard InChI is InChI=1S/C17H27N3/c1-19-11-8-15-12-14(6-7-16(15)19)17(13-18)20-9-4-2-3-5-10-20/h6-7,12,17H,2-5,8-11,13,18H2,1H3. The first-order valence-electron chi connectivity index (χ1n) is 8.07. The van der Waals surface area contributed by atoms with Crippen LogP contribution < -0.4 is 10.6 Å². The maximum absolute atomic E-state index is 6.11. The van der Waals surface area contributed by atoms with Gasteiger partial charge in [0, 0.05) is 31.9 Å². The minimum Gasteiger partial charge on any atom is -0.374 e. The zero-order valence-corrected chi connectivity index (χ0v) is 12.6. The number of nitrogens with zero attached hydrogens (tertiary/aromatic N) is 2. The Morgan fingerprint density at radius 2 is 1.85 bits per heavy atom. The molecule has 0 radical (unpaired) electrons. The Morgan fingerprint density at radius 3 is 2.55 bits per heavy atom. The van der Waals surface area contributed by atoms with Crippen molar-refractivity contribution in [2.45, 2.75) is 38.1 Å². The van der Waals surface area contributed by atoms with Crippen molar-refractivity contribution in [1.29, 1.82) is 0 Å². The van der Waals surface area contributed by atoms with Gasteiger partial charge in [0.25, 0.3) is 0 Å². The number of anilines is 1. The molecule has 2 aliphatic rings. The van der Waals surface area contributed by atoms with Gasteiger partial charge >= 0.3 is 0 Å². The molecule has 2 heterocycles. The SMILES string of the molecule is CN1CCc2cc(C(CN)N3CCCCCC3)ccc21. The normalized spacial score (nSPS) is 21.6. The average Bonchev–Trinajstić information content (AvgIpc) is 2.68. The Balaban J connectivity index is 1.82. The lowest BCUT2D eigenvalue weighted by Crippen LogP contribution is -2.34. The number of hydrogen-bond donors (Lipinski definition) is 1. The third-order valence-corrected chi connectivity index (χ3v) is 4.92. The van der Waals surface area contributed by atoms with Crippen LogP contribution in [0, 0.1) is 0 Å². The van der Waals surface area contributed by atoms with Crippen molar-refractivity contribution in [3.63, 3.8) is 0 Å². The zero-order valence-electron chi connectivity index (χ0n) is 12.6. The van der Waals surface area contributed by atoms with E-state index < -0.39 is 0 Å². The molecule has 3 nitrogen and oxygen atoms in total. The lowest BCUT2D eigenvalue weighted by molar-refractivity contribution is 0.210. The number of rotatable bonds is 3. The molecule has 3 heteroatoms. The van der Waals surface area contributed by atoms with Crippen LogP contribution in [0.25, 0.3) is 0 Å². The lowest BCUT2D eigenvalue weighted by Gasteiger charge is -2.30. The highest BCUT2D eigenvalue weighted by Gasteiger charge is 2.23. The number of likely N-dealkylation sites (tertiary alicyclic amines) is 1. The lowest BCUT2D eigenvalue weighted by atomic mass is 10.0. The van der Waals surface area contributed by atoms with Crippen LogP contribution in [0.5, 0.6) is 0 Å². The highest BCUT2D eigenvalue weighted by atomic mass is 15.2. The van der Waals surface area contributed by atoms with Gasteiger partial charge in [-0.15, -0.1) is 0 Å². The highest BCUT2D eigenvalue weighted by Crippen LogP contribution is 2.31. The summed E-state index contributed by atoms with van der Waals surface area (Å²) in [6, 6.07) is 7.40. The number of likely N-dealkylation sites (N-methyl/N-ethyl adjacent to an activating group) is 1. The Labute approximate surface area is 122 Å². The number of hydrogen-bond acceptors (Lipinski definition) is 3. The van der Waals surface area contributed by atoms with Crippen molar-refractivity contribution in [3.05, 3.63) is 29.3 Å². The van der Waals surface area contributed by atoms with E-state index in [0.717, 1.165) is 13.1 Å². The minimum absolute atomic E-state index is 0.407. The summed E-state index contributed by atoms with van der Waals surface area (Å²) >= 11 is 0. The summed E-state index contributed by atoms with van der Waals surface area (Å²) in [5.41, 5.74) is 10.4. The second kappa shape index (κ2) is 6.15. The van der Waals surface area contributed by atoms with E-state index in [1.54, 1.807) is 0 Å². The molecule has 1 saturated heterocycles. The van der Waals surface area contributed by atoms with Crippen molar-refractivity contribution < 1.29 is 0 Å². The number of benzene rings is 1. The number of fused-ring (bicyclic) bond motifs is 1. The summed E-state index contributed by atoms with van der Waals surface area (Å²) in [5.74, 6) is 0. The minimum atomic E-state index is 0.407. The fraction of sp³-hybridized carbons (Fsp3) is 0.647. The molecule has 0 aromatic heterocycles. The molecule has 1 fully saturated rings. The molecular formula is C17H27N3. The molecule has 2 N–H and O–H groups in total. The van der Waals surface area contributed by atoms with Gasteiger partial charge in [0.1, 0.15) is 0 Å². The topological polar surface area (TPSA) is 32.5 Å². The van der Waals surface area contributed by atoms with Gasteiger partial charge in [-0.3, -0.25) is 4.90 Å². The molecular weight excluding hydrogens is 246 g/mol. The second-order valence-electron chi connectivity index (χ2n) is 6.26. The molecule has 0 aliphatic carbocycles. The molecule has 1 aromatic rings. The van der Waals surface area contributed by atoms with Gasteiger partial charge in [0.2, 0.25) is 0 Å². The maximum Gasteiger partial charge on any atom is 0.0470 e. The van der Waals surface area contributed by atoms with Gasteiger partial charge in [-0.1, -0.05) is 25.0 Å².